The van der Waals surface area contributed by atoms with Crippen molar-refractivity contribution >= 4 is 52.3 Å². The van der Waals surface area contributed by atoms with Crippen LogP contribution in [0.15, 0.2) is 30.5 Å². The first-order valence-electron chi connectivity index (χ1n) is 12.3. The molecule has 2 aromatic rings. The molecule has 3 amide bonds. The minimum atomic E-state index is -1.44. The first-order valence-corrected chi connectivity index (χ1v) is 13.7. The van der Waals surface area contributed by atoms with Crippen LogP contribution in [0.2, 0.25) is 0 Å². The third-order valence-corrected chi connectivity index (χ3v) is 7.15. The van der Waals surface area contributed by atoms with Crippen LogP contribution in [0, 0.1) is 0 Å². The van der Waals surface area contributed by atoms with Crippen LogP contribution in [0.5, 0.6) is 0 Å². The summed E-state index contributed by atoms with van der Waals surface area (Å²) in [6.45, 7) is 0.173. The monoisotopic (exact) mass is 547 g/mol. The van der Waals surface area contributed by atoms with E-state index in [1.54, 1.807) is 6.20 Å². The largest absolute Gasteiger partial charge is 0.481 e. The molecule has 0 radical (unpaired) electrons. The van der Waals surface area contributed by atoms with Crippen molar-refractivity contribution < 1.29 is 34.2 Å². The normalized spacial score (nSPS) is 17.5. The van der Waals surface area contributed by atoms with Gasteiger partial charge >= 0.3 is 11.9 Å². The number of benzene rings is 1. The molecule has 1 aromatic carbocycles. The number of para-hydroxylation sites is 1. The van der Waals surface area contributed by atoms with Crippen LogP contribution < -0.4 is 16.4 Å². The number of nitrogens with zero attached hydrogens (tertiary/aromatic N) is 1. The minimum Gasteiger partial charge on any atom is -0.481 e. The van der Waals surface area contributed by atoms with Crippen molar-refractivity contribution in [3.05, 3.63) is 36.0 Å². The predicted octanol–water partition coefficient (Wildman–Crippen LogP) is 0.311. The molecule has 0 spiro atoms. The van der Waals surface area contributed by atoms with Gasteiger partial charge in [-0.2, -0.15) is 11.8 Å². The van der Waals surface area contributed by atoms with Gasteiger partial charge < -0.3 is 36.5 Å². The van der Waals surface area contributed by atoms with Gasteiger partial charge in [-0.1, -0.05) is 18.2 Å². The van der Waals surface area contributed by atoms with Gasteiger partial charge in [0, 0.05) is 23.6 Å². The Hall–Kier alpha value is -3.58. The number of nitrogens with one attached hydrogen (secondary N) is 3. The molecule has 1 aliphatic heterocycles. The van der Waals surface area contributed by atoms with Gasteiger partial charge in [-0.05, 0) is 49.3 Å². The molecule has 1 fully saturated rings. The molecular formula is C25H33N5O7S. The smallest absolute Gasteiger partial charge is 0.326 e. The molecule has 4 unspecified atom stereocenters. The van der Waals surface area contributed by atoms with Gasteiger partial charge in [-0.25, -0.2) is 4.79 Å². The molecule has 3 rings (SSSR count). The maximum atomic E-state index is 13.3. The molecule has 0 saturated carbocycles. The molecule has 13 heteroatoms. The number of aromatic amines is 1. The summed E-state index contributed by atoms with van der Waals surface area (Å²) in [5, 5.41) is 24.7. The highest BCUT2D eigenvalue weighted by Crippen LogP contribution is 2.21. The van der Waals surface area contributed by atoms with E-state index >= 15 is 0 Å². The number of aromatic nitrogens is 1. The lowest BCUT2D eigenvalue weighted by atomic mass is 10.0. The zero-order valence-corrected chi connectivity index (χ0v) is 21.8. The molecule has 7 N–H and O–H groups in total. The highest BCUT2D eigenvalue weighted by Gasteiger charge is 2.39. The zero-order chi connectivity index (χ0) is 27.8. The van der Waals surface area contributed by atoms with E-state index in [-0.39, 0.29) is 19.4 Å². The summed E-state index contributed by atoms with van der Waals surface area (Å²) in [4.78, 5) is 66.5. The Morgan fingerprint density at radius 1 is 1.16 bits per heavy atom. The minimum absolute atomic E-state index is 0.158. The zero-order valence-electron chi connectivity index (χ0n) is 21.0. The van der Waals surface area contributed by atoms with E-state index in [4.69, 9.17) is 5.73 Å². The molecule has 4 atom stereocenters. The Morgan fingerprint density at radius 3 is 2.58 bits per heavy atom. The predicted molar refractivity (Wildman–Crippen MR) is 141 cm³/mol. The van der Waals surface area contributed by atoms with Gasteiger partial charge in [-0.3, -0.25) is 19.2 Å². The summed E-state index contributed by atoms with van der Waals surface area (Å²) in [7, 11) is 0. The maximum Gasteiger partial charge on any atom is 0.326 e. The van der Waals surface area contributed by atoms with Crippen LogP contribution in [0.4, 0.5) is 0 Å². The molecule has 0 aliphatic carbocycles. The second kappa shape index (κ2) is 13.3. The molecule has 1 aliphatic rings. The van der Waals surface area contributed by atoms with Crippen LogP contribution in [0.25, 0.3) is 10.9 Å². The standard InChI is InChI=1S/C25H33N5O7S/c1-38-10-8-18(25(36)37)28-23(34)20-7-4-9-30(20)24(35)19(12-21(31)32)29-22(33)16(26)11-14-13-27-17-6-3-2-5-15(14)17/h2-3,5-6,13,16,18-20,27H,4,7-12,26H2,1H3,(H,28,34)(H,29,33)(H,31,32)(H,36,37). The number of H-pyrrole nitrogens is 1. The Bertz CT molecular complexity index is 1190. The number of rotatable bonds is 13. The Balaban J connectivity index is 1.69. The number of amides is 3. The highest BCUT2D eigenvalue weighted by atomic mass is 32.2. The molecule has 1 saturated heterocycles. The van der Waals surface area contributed by atoms with E-state index in [9.17, 15) is 34.2 Å². The Kier molecular flexibility index (Phi) is 10.1. The molecule has 0 bridgehead atoms. The lowest BCUT2D eigenvalue weighted by Gasteiger charge is -2.29. The number of carbonyl (C=O) groups excluding carboxylic acids is 3. The summed E-state index contributed by atoms with van der Waals surface area (Å²) in [5.41, 5.74) is 7.79. The summed E-state index contributed by atoms with van der Waals surface area (Å²) < 4.78 is 0. The number of fused-ring (bicyclic) bond motifs is 1. The Labute approximate surface area is 223 Å². The van der Waals surface area contributed by atoms with Gasteiger partial charge in [0.05, 0.1) is 12.5 Å². The van der Waals surface area contributed by atoms with Crippen molar-refractivity contribution in [3.63, 3.8) is 0 Å². The van der Waals surface area contributed by atoms with Crippen molar-refractivity contribution in [2.75, 3.05) is 18.6 Å². The number of thioether (sulfide) groups is 1. The van der Waals surface area contributed by atoms with Crippen molar-refractivity contribution in [1.29, 1.82) is 0 Å². The molecule has 38 heavy (non-hydrogen) atoms. The number of hydrogen-bond donors (Lipinski definition) is 6. The van der Waals surface area contributed by atoms with Crippen molar-refractivity contribution in [2.24, 2.45) is 5.73 Å². The number of carboxylic acid groups (broad SMARTS) is 2. The molecule has 2 heterocycles. The van der Waals surface area contributed by atoms with Crippen molar-refractivity contribution in [1.82, 2.24) is 20.5 Å². The first kappa shape index (κ1) is 29.0. The number of carboxylic acids is 2. The fourth-order valence-corrected chi connectivity index (χ4v) is 5.02. The van der Waals surface area contributed by atoms with Crippen LogP contribution in [0.3, 0.4) is 0 Å². The van der Waals surface area contributed by atoms with Gasteiger partial charge in [0.15, 0.2) is 0 Å². The number of aliphatic carboxylic acids is 2. The molecule has 206 valence electrons. The second-order valence-corrected chi connectivity index (χ2v) is 10.2. The van der Waals surface area contributed by atoms with Crippen molar-refractivity contribution in [2.45, 2.75) is 56.3 Å². The van der Waals surface area contributed by atoms with Crippen LogP contribution in [-0.4, -0.2) is 92.5 Å². The van der Waals surface area contributed by atoms with E-state index in [1.165, 1.54) is 16.7 Å². The van der Waals surface area contributed by atoms with Gasteiger partial charge in [0.1, 0.15) is 18.1 Å². The van der Waals surface area contributed by atoms with E-state index in [0.717, 1.165) is 16.5 Å². The second-order valence-electron chi connectivity index (χ2n) is 9.20. The average molecular weight is 548 g/mol. The lowest BCUT2D eigenvalue weighted by molar-refractivity contribution is -0.147. The van der Waals surface area contributed by atoms with Crippen LogP contribution in [-0.2, 0) is 30.4 Å². The third kappa shape index (κ3) is 7.25. The molecular weight excluding hydrogens is 514 g/mol. The van der Waals surface area contributed by atoms with Gasteiger partial charge in [0.25, 0.3) is 0 Å². The number of carbonyl (C=O) groups is 5. The van der Waals surface area contributed by atoms with Gasteiger partial charge in [0.2, 0.25) is 17.7 Å². The van der Waals surface area contributed by atoms with E-state index in [1.807, 2.05) is 30.5 Å². The first-order chi connectivity index (χ1) is 18.1. The van der Waals surface area contributed by atoms with Crippen LogP contribution in [0.1, 0.15) is 31.2 Å². The number of hydrogen-bond acceptors (Lipinski definition) is 7. The fourth-order valence-electron chi connectivity index (χ4n) is 4.55. The SMILES string of the molecule is CSCCC(NC(=O)C1CCCN1C(=O)C(CC(=O)O)NC(=O)C(N)Cc1c[nH]c2ccccc12)C(=O)O. The summed E-state index contributed by atoms with van der Waals surface area (Å²) in [6.07, 6.45) is 4.01. The average Bonchev–Trinajstić information content (AvgIpc) is 3.53. The lowest BCUT2D eigenvalue weighted by Crippen LogP contribution is -2.57. The maximum absolute atomic E-state index is 13.3. The summed E-state index contributed by atoms with van der Waals surface area (Å²) in [5.74, 6) is -4.01. The number of nitrogens with two attached hydrogens (primary N) is 1. The van der Waals surface area contributed by atoms with Crippen LogP contribution >= 0.6 is 11.8 Å². The summed E-state index contributed by atoms with van der Waals surface area (Å²) in [6, 6.07) is 2.94. The highest BCUT2D eigenvalue weighted by molar-refractivity contribution is 7.98. The van der Waals surface area contributed by atoms with E-state index in [0.29, 0.717) is 18.6 Å². The fraction of sp³-hybridized carbons (Fsp3) is 0.480. The van der Waals surface area contributed by atoms with E-state index in [2.05, 4.69) is 15.6 Å². The topological polar surface area (TPSA) is 195 Å². The van der Waals surface area contributed by atoms with Crippen molar-refractivity contribution in [3.8, 4) is 0 Å². The third-order valence-electron chi connectivity index (χ3n) is 6.51. The molecule has 12 nitrogen and oxygen atoms in total. The number of likely N-dealkylation sites (tertiary alicyclic amines) is 1. The Morgan fingerprint density at radius 2 is 1.89 bits per heavy atom. The summed E-state index contributed by atoms with van der Waals surface area (Å²) >= 11 is 1.44. The molecule has 1 aromatic heterocycles. The van der Waals surface area contributed by atoms with E-state index < -0.39 is 60.2 Å². The van der Waals surface area contributed by atoms with Gasteiger partial charge in [-0.15, -0.1) is 0 Å². The quantitative estimate of drug-likeness (QED) is 0.205.